The molecule has 2 rings (SSSR count). The van der Waals surface area contributed by atoms with Crippen LogP contribution in [0.1, 0.15) is 45.1 Å². The molecule has 1 aromatic carbocycles. The zero-order chi connectivity index (χ0) is 15.6. The second-order valence-electron chi connectivity index (χ2n) is 6.43. The summed E-state index contributed by atoms with van der Waals surface area (Å²) in [4.78, 5) is 4.40. The van der Waals surface area contributed by atoms with E-state index in [-0.39, 0.29) is 11.5 Å². The highest BCUT2D eigenvalue weighted by Crippen LogP contribution is 2.33. The predicted octanol–water partition coefficient (Wildman–Crippen LogP) is 3.90. The van der Waals surface area contributed by atoms with Crippen molar-refractivity contribution in [3.8, 4) is 5.75 Å². The lowest BCUT2D eigenvalue weighted by Gasteiger charge is -2.23. The molecule has 0 saturated carbocycles. The number of methoxy groups -OCH3 is 1. The Labute approximate surface area is 127 Å². The monoisotopic (exact) mass is 287 g/mol. The van der Waals surface area contributed by atoms with Crippen molar-refractivity contribution < 1.29 is 4.74 Å². The molecule has 1 atom stereocenters. The Morgan fingerprint density at radius 3 is 2.52 bits per heavy atom. The van der Waals surface area contributed by atoms with Gasteiger partial charge >= 0.3 is 0 Å². The third kappa shape index (κ3) is 3.38. The fourth-order valence-corrected chi connectivity index (χ4v) is 2.38. The number of ether oxygens (including phenoxy) is 1. The number of rotatable bonds is 4. The van der Waals surface area contributed by atoms with E-state index in [2.05, 4.69) is 50.1 Å². The average molecular weight is 287 g/mol. The molecule has 1 heterocycles. The number of anilines is 1. The minimum Gasteiger partial charge on any atom is -0.495 e. The number of aromatic nitrogens is 2. The van der Waals surface area contributed by atoms with Gasteiger partial charge in [0.25, 0.3) is 0 Å². The molecular weight excluding hydrogens is 262 g/mol. The maximum absolute atomic E-state index is 5.47. The van der Waals surface area contributed by atoms with E-state index in [1.165, 1.54) is 5.56 Å². The van der Waals surface area contributed by atoms with E-state index in [9.17, 15) is 0 Å². The van der Waals surface area contributed by atoms with Crippen LogP contribution >= 0.6 is 0 Å². The smallest absolute Gasteiger partial charge is 0.141 e. The van der Waals surface area contributed by atoms with E-state index in [1.54, 1.807) is 7.11 Å². The van der Waals surface area contributed by atoms with Crippen LogP contribution in [-0.4, -0.2) is 16.7 Å². The molecule has 0 spiro atoms. The first-order valence-corrected chi connectivity index (χ1v) is 7.25. The van der Waals surface area contributed by atoms with E-state index in [0.29, 0.717) is 0 Å². The van der Waals surface area contributed by atoms with Crippen molar-refractivity contribution in [3.05, 3.63) is 42.0 Å². The molecule has 0 aliphatic carbocycles. The topological polar surface area (TPSA) is 39.1 Å². The van der Waals surface area contributed by atoms with Crippen LogP contribution in [0, 0.1) is 0 Å². The number of aryl methyl sites for hydroxylation is 1. The molecule has 4 heteroatoms. The molecule has 1 N–H and O–H groups in total. The summed E-state index contributed by atoms with van der Waals surface area (Å²) < 4.78 is 7.50. The van der Waals surface area contributed by atoms with Crippen molar-refractivity contribution >= 4 is 5.69 Å². The Balaban J connectivity index is 2.31. The van der Waals surface area contributed by atoms with Gasteiger partial charge in [-0.25, -0.2) is 4.98 Å². The number of benzene rings is 1. The maximum atomic E-state index is 5.47. The quantitative estimate of drug-likeness (QED) is 0.927. The molecule has 1 unspecified atom stereocenters. The zero-order valence-corrected chi connectivity index (χ0v) is 13.8. The average Bonchev–Trinajstić information content (AvgIpc) is 2.84. The van der Waals surface area contributed by atoms with E-state index >= 15 is 0 Å². The summed E-state index contributed by atoms with van der Waals surface area (Å²) in [5, 5.41) is 3.51. The molecule has 0 aliphatic rings. The first-order valence-electron chi connectivity index (χ1n) is 7.25. The van der Waals surface area contributed by atoms with Crippen LogP contribution < -0.4 is 10.1 Å². The van der Waals surface area contributed by atoms with Gasteiger partial charge in [0.1, 0.15) is 11.6 Å². The number of imidazole rings is 1. The number of hydrogen-bond donors (Lipinski definition) is 1. The number of hydrogen-bond acceptors (Lipinski definition) is 3. The van der Waals surface area contributed by atoms with E-state index in [4.69, 9.17) is 4.74 Å². The molecule has 0 saturated heterocycles. The lowest BCUT2D eigenvalue weighted by atomic mass is 9.86. The van der Waals surface area contributed by atoms with Gasteiger partial charge in [0.05, 0.1) is 18.8 Å². The van der Waals surface area contributed by atoms with Gasteiger partial charge in [-0.05, 0) is 30.0 Å². The highest BCUT2D eigenvalue weighted by molar-refractivity contribution is 5.59. The largest absolute Gasteiger partial charge is 0.495 e. The van der Waals surface area contributed by atoms with Gasteiger partial charge in [-0.2, -0.15) is 0 Å². The molecule has 0 amide bonds. The van der Waals surface area contributed by atoms with Crippen LogP contribution in [0.3, 0.4) is 0 Å². The molecule has 0 bridgehead atoms. The summed E-state index contributed by atoms with van der Waals surface area (Å²) in [6.45, 7) is 8.73. The lowest BCUT2D eigenvalue weighted by Crippen LogP contribution is -2.15. The fraction of sp³-hybridized carbons (Fsp3) is 0.471. The highest BCUT2D eigenvalue weighted by atomic mass is 16.5. The molecule has 0 fully saturated rings. The van der Waals surface area contributed by atoms with Crippen molar-refractivity contribution in [2.75, 3.05) is 12.4 Å². The van der Waals surface area contributed by atoms with Crippen molar-refractivity contribution in [1.29, 1.82) is 0 Å². The first kappa shape index (κ1) is 15.4. The highest BCUT2D eigenvalue weighted by Gasteiger charge is 2.18. The summed E-state index contributed by atoms with van der Waals surface area (Å²) in [5.41, 5.74) is 2.38. The van der Waals surface area contributed by atoms with Crippen LogP contribution in [0.2, 0.25) is 0 Å². The van der Waals surface area contributed by atoms with Crippen LogP contribution in [0.25, 0.3) is 0 Å². The van der Waals surface area contributed by atoms with Crippen molar-refractivity contribution in [3.63, 3.8) is 0 Å². The Morgan fingerprint density at radius 2 is 2.00 bits per heavy atom. The number of nitrogens with zero attached hydrogens (tertiary/aromatic N) is 2. The Hall–Kier alpha value is -1.97. The molecule has 2 aromatic rings. The van der Waals surface area contributed by atoms with Crippen LogP contribution in [-0.2, 0) is 12.5 Å². The van der Waals surface area contributed by atoms with Crippen molar-refractivity contribution in [1.82, 2.24) is 9.55 Å². The van der Waals surface area contributed by atoms with E-state index in [1.807, 2.05) is 30.1 Å². The lowest BCUT2D eigenvalue weighted by molar-refractivity contribution is 0.415. The van der Waals surface area contributed by atoms with Crippen molar-refractivity contribution in [2.45, 2.75) is 39.2 Å². The predicted molar refractivity (Wildman–Crippen MR) is 86.9 cm³/mol. The molecule has 4 nitrogen and oxygen atoms in total. The second-order valence-corrected chi connectivity index (χ2v) is 6.43. The van der Waals surface area contributed by atoms with Gasteiger partial charge < -0.3 is 14.6 Å². The van der Waals surface area contributed by atoms with Crippen LogP contribution in [0.5, 0.6) is 5.75 Å². The van der Waals surface area contributed by atoms with Crippen molar-refractivity contribution in [2.24, 2.45) is 7.05 Å². The van der Waals surface area contributed by atoms with Gasteiger partial charge in [0, 0.05) is 19.4 Å². The Bertz CT molecular complexity index is 611. The number of nitrogens with one attached hydrogen (secondary N) is 1. The first-order chi connectivity index (χ1) is 9.82. The minimum atomic E-state index is 0.106. The molecule has 1 aromatic heterocycles. The molecule has 0 radical (unpaired) electrons. The summed E-state index contributed by atoms with van der Waals surface area (Å²) >= 11 is 0. The van der Waals surface area contributed by atoms with Gasteiger partial charge in [-0.1, -0.05) is 26.8 Å². The Kier molecular flexibility index (Phi) is 4.26. The van der Waals surface area contributed by atoms with Gasteiger partial charge in [-0.15, -0.1) is 0 Å². The zero-order valence-electron chi connectivity index (χ0n) is 13.8. The van der Waals surface area contributed by atoms with E-state index < -0.39 is 0 Å². The standard InChI is InChI=1S/C17H25N3O/c1-12(16-18-9-10-20(16)5)19-14-11-13(17(2,3)4)7-8-15(14)21-6/h7-12,19H,1-6H3. The summed E-state index contributed by atoms with van der Waals surface area (Å²) in [6.07, 6.45) is 3.77. The summed E-state index contributed by atoms with van der Waals surface area (Å²) in [7, 11) is 3.70. The second kappa shape index (κ2) is 5.80. The normalized spacial score (nSPS) is 13.0. The van der Waals surface area contributed by atoms with Crippen LogP contribution in [0.15, 0.2) is 30.6 Å². The summed E-state index contributed by atoms with van der Waals surface area (Å²) in [6, 6.07) is 6.41. The van der Waals surface area contributed by atoms with Crippen LogP contribution in [0.4, 0.5) is 5.69 Å². The Morgan fingerprint density at radius 1 is 1.29 bits per heavy atom. The summed E-state index contributed by atoms with van der Waals surface area (Å²) in [5.74, 6) is 1.85. The molecule has 0 aliphatic heterocycles. The molecular formula is C17H25N3O. The van der Waals surface area contributed by atoms with E-state index in [0.717, 1.165) is 17.3 Å². The van der Waals surface area contributed by atoms with Gasteiger partial charge in [0.2, 0.25) is 0 Å². The fourth-order valence-electron chi connectivity index (χ4n) is 2.38. The third-order valence-electron chi connectivity index (χ3n) is 3.68. The van der Waals surface area contributed by atoms with Gasteiger partial charge in [-0.3, -0.25) is 0 Å². The molecule has 21 heavy (non-hydrogen) atoms. The third-order valence-corrected chi connectivity index (χ3v) is 3.68. The SMILES string of the molecule is COc1ccc(C(C)(C)C)cc1NC(C)c1nccn1C. The maximum Gasteiger partial charge on any atom is 0.141 e. The van der Waals surface area contributed by atoms with Gasteiger partial charge in [0.15, 0.2) is 0 Å². The molecule has 114 valence electrons. The minimum absolute atomic E-state index is 0.106.